The molecule has 1 N–H and O–H groups in total. The Morgan fingerprint density at radius 1 is 1.60 bits per heavy atom. The third kappa shape index (κ3) is 2.01. The van der Waals surface area contributed by atoms with Crippen molar-refractivity contribution in [2.45, 2.75) is 0 Å². The van der Waals surface area contributed by atoms with E-state index in [1.54, 1.807) is 0 Å². The van der Waals surface area contributed by atoms with Gasteiger partial charge in [0.05, 0.1) is 18.1 Å². The minimum atomic E-state index is -1.24. The van der Waals surface area contributed by atoms with Gasteiger partial charge in [-0.2, -0.15) is 0 Å². The molecule has 0 spiro atoms. The van der Waals surface area contributed by atoms with Gasteiger partial charge in [-0.15, -0.1) is 0 Å². The average Bonchev–Trinajstić information content (AvgIpc) is 2.20. The number of non-ortho nitro benzene ring substituents is 1. The molecule has 0 saturated carbocycles. The van der Waals surface area contributed by atoms with Crippen molar-refractivity contribution in [2.24, 2.45) is 0 Å². The molecular formula is C8H6FNO5. The van der Waals surface area contributed by atoms with E-state index in [-0.39, 0.29) is 0 Å². The number of hydrogen-bond acceptors (Lipinski definition) is 5. The zero-order chi connectivity index (χ0) is 11.6. The number of phenols is 1. The third-order valence-electron chi connectivity index (χ3n) is 1.65. The van der Waals surface area contributed by atoms with E-state index in [2.05, 4.69) is 4.74 Å². The zero-order valence-electron chi connectivity index (χ0n) is 7.56. The molecule has 0 bridgehead atoms. The molecule has 0 aliphatic carbocycles. The number of esters is 1. The zero-order valence-corrected chi connectivity index (χ0v) is 7.56. The SMILES string of the molecule is COC(=O)c1cc([N+](=O)[O-])cc(O)c1F. The number of carbonyl (C=O) groups excluding carboxylic acids is 1. The number of halogens is 1. The molecule has 0 aliphatic rings. The number of nitrogens with zero attached hydrogens (tertiary/aromatic N) is 1. The monoisotopic (exact) mass is 215 g/mol. The molecule has 0 aromatic heterocycles. The van der Waals surface area contributed by atoms with Crippen LogP contribution in [0.25, 0.3) is 0 Å². The van der Waals surface area contributed by atoms with Gasteiger partial charge < -0.3 is 9.84 Å². The van der Waals surface area contributed by atoms with Crippen LogP contribution in [0.5, 0.6) is 5.75 Å². The van der Waals surface area contributed by atoms with Crippen LogP contribution in [-0.4, -0.2) is 23.1 Å². The Bertz CT molecular complexity index is 431. The van der Waals surface area contributed by atoms with Gasteiger partial charge in [0.2, 0.25) is 0 Å². The summed E-state index contributed by atoms with van der Waals surface area (Å²) in [5.74, 6) is -3.30. The first-order valence-electron chi connectivity index (χ1n) is 3.72. The lowest BCUT2D eigenvalue weighted by atomic mass is 10.1. The fraction of sp³-hybridized carbons (Fsp3) is 0.125. The highest BCUT2D eigenvalue weighted by molar-refractivity contribution is 5.91. The van der Waals surface area contributed by atoms with Gasteiger partial charge in [-0.1, -0.05) is 0 Å². The van der Waals surface area contributed by atoms with E-state index >= 15 is 0 Å². The summed E-state index contributed by atoms with van der Waals surface area (Å²) >= 11 is 0. The number of nitro groups is 1. The molecule has 15 heavy (non-hydrogen) atoms. The highest BCUT2D eigenvalue weighted by Gasteiger charge is 2.21. The molecule has 0 unspecified atom stereocenters. The van der Waals surface area contributed by atoms with E-state index < -0.39 is 33.7 Å². The number of nitro benzene ring substituents is 1. The van der Waals surface area contributed by atoms with E-state index in [0.717, 1.165) is 7.11 Å². The minimum Gasteiger partial charge on any atom is -0.505 e. The second kappa shape index (κ2) is 3.91. The molecule has 0 fully saturated rings. The highest BCUT2D eigenvalue weighted by Crippen LogP contribution is 2.26. The van der Waals surface area contributed by atoms with Crippen molar-refractivity contribution < 1.29 is 24.0 Å². The van der Waals surface area contributed by atoms with Gasteiger partial charge >= 0.3 is 5.97 Å². The van der Waals surface area contributed by atoms with Crippen molar-refractivity contribution in [3.05, 3.63) is 33.6 Å². The largest absolute Gasteiger partial charge is 0.505 e. The first-order chi connectivity index (χ1) is 6.97. The number of carbonyl (C=O) groups is 1. The quantitative estimate of drug-likeness (QED) is 0.455. The number of hydrogen-bond donors (Lipinski definition) is 1. The summed E-state index contributed by atoms with van der Waals surface area (Å²) in [6, 6.07) is 1.31. The van der Waals surface area contributed by atoms with Crippen LogP contribution in [0.3, 0.4) is 0 Å². The van der Waals surface area contributed by atoms with Crippen LogP contribution in [0.4, 0.5) is 10.1 Å². The maximum Gasteiger partial charge on any atom is 0.341 e. The Labute approximate surface area is 83.0 Å². The second-order valence-corrected chi connectivity index (χ2v) is 2.58. The summed E-state index contributed by atoms with van der Waals surface area (Å²) in [5, 5.41) is 19.3. The van der Waals surface area contributed by atoms with Crippen molar-refractivity contribution in [1.82, 2.24) is 0 Å². The predicted molar refractivity (Wildman–Crippen MR) is 46.1 cm³/mol. The van der Waals surface area contributed by atoms with Gasteiger partial charge in [-0.25, -0.2) is 9.18 Å². The molecular weight excluding hydrogens is 209 g/mol. The van der Waals surface area contributed by atoms with Crippen LogP contribution in [0.1, 0.15) is 10.4 Å². The maximum atomic E-state index is 13.1. The first-order valence-corrected chi connectivity index (χ1v) is 3.72. The lowest BCUT2D eigenvalue weighted by Crippen LogP contribution is -2.05. The molecule has 0 saturated heterocycles. The smallest absolute Gasteiger partial charge is 0.341 e. The van der Waals surface area contributed by atoms with Crippen molar-refractivity contribution >= 4 is 11.7 Å². The molecule has 1 rings (SSSR count). The Morgan fingerprint density at radius 3 is 2.67 bits per heavy atom. The average molecular weight is 215 g/mol. The summed E-state index contributed by atoms with van der Waals surface area (Å²) < 4.78 is 17.3. The Kier molecular flexibility index (Phi) is 2.84. The second-order valence-electron chi connectivity index (χ2n) is 2.58. The van der Waals surface area contributed by atoms with Crippen LogP contribution in [0.2, 0.25) is 0 Å². The van der Waals surface area contributed by atoms with Crippen LogP contribution < -0.4 is 0 Å². The Hall–Kier alpha value is -2.18. The highest BCUT2D eigenvalue weighted by atomic mass is 19.1. The van der Waals surface area contributed by atoms with Crippen LogP contribution in [-0.2, 0) is 4.74 Å². The van der Waals surface area contributed by atoms with Crippen LogP contribution >= 0.6 is 0 Å². The summed E-state index contributed by atoms with van der Waals surface area (Å²) in [4.78, 5) is 20.5. The van der Waals surface area contributed by atoms with Gasteiger partial charge in [0.1, 0.15) is 5.56 Å². The van der Waals surface area contributed by atoms with Gasteiger partial charge in [0.25, 0.3) is 5.69 Å². The van der Waals surface area contributed by atoms with Gasteiger partial charge in [0, 0.05) is 6.07 Å². The molecule has 0 amide bonds. The van der Waals surface area contributed by atoms with Gasteiger partial charge in [-0.3, -0.25) is 10.1 Å². The number of rotatable bonds is 2. The molecule has 0 heterocycles. The Balaban J connectivity index is 3.37. The molecule has 0 aliphatic heterocycles. The van der Waals surface area contributed by atoms with E-state index in [4.69, 9.17) is 5.11 Å². The fourth-order valence-electron chi connectivity index (χ4n) is 0.958. The summed E-state index contributed by atoms with van der Waals surface area (Å²) in [5.41, 5.74) is -1.27. The number of methoxy groups -OCH3 is 1. The molecule has 1 aromatic carbocycles. The van der Waals surface area contributed by atoms with Crippen molar-refractivity contribution in [3.8, 4) is 5.75 Å². The summed E-state index contributed by atoms with van der Waals surface area (Å²) in [7, 11) is 0.998. The number of aromatic hydroxyl groups is 1. The number of phenolic OH excluding ortho intramolecular Hbond substituents is 1. The normalized spacial score (nSPS) is 9.73. The fourth-order valence-corrected chi connectivity index (χ4v) is 0.958. The first kappa shape index (κ1) is 10.9. The lowest BCUT2D eigenvalue weighted by Gasteiger charge is -2.02. The standard InChI is InChI=1S/C8H6FNO5/c1-15-8(12)5-2-4(10(13)14)3-6(11)7(5)9/h2-3,11H,1H3. The van der Waals surface area contributed by atoms with Crippen molar-refractivity contribution in [1.29, 1.82) is 0 Å². The molecule has 80 valence electrons. The molecule has 1 aromatic rings. The van der Waals surface area contributed by atoms with Gasteiger partial charge in [-0.05, 0) is 0 Å². The number of benzene rings is 1. The summed E-state index contributed by atoms with van der Waals surface area (Å²) in [6.45, 7) is 0. The van der Waals surface area contributed by atoms with E-state index in [0.29, 0.717) is 12.1 Å². The van der Waals surface area contributed by atoms with Gasteiger partial charge in [0.15, 0.2) is 11.6 Å². The van der Waals surface area contributed by atoms with Crippen molar-refractivity contribution in [3.63, 3.8) is 0 Å². The number of ether oxygens (including phenoxy) is 1. The summed E-state index contributed by atoms with van der Waals surface area (Å²) in [6.07, 6.45) is 0. The van der Waals surface area contributed by atoms with Crippen LogP contribution in [0.15, 0.2) is 12.1 Å². The van der Waals surface area contributed by atoms with Crippen LogP contribution in [0, 0.1) is 15.9 Å². The van der Waals surface area contributed by atoms with E-state index in [1.165, 1.54) is 0 Å². The lowest BCUT2D eigenvalue weighted by molar-refractivity contribution is -0.385. The topological polar surface area (TPSA) is 89.7 Å². The molecule has 0 atom stereocenters. The van der Waals surface area contributed by atoms with E-state index in [9.17, 15) is 19.3 Å². The van der Waals surface area contributed by atoms with E-state index in [1.807, 2.05) is 0 Å². The molecule has 6 nitrogen and oxygen atoms in total. The maximum absolute atomic E-state index is 13.1. The third-order valence-corrected chi connectivity index (χ3v) is 1.65. The molecule has 7 heteroatoms. The predicted octanol–water partition coefficient (Wildman–Crippen LogP) is 1.23. The Morgan fingerprint density at radius 2 is 2.20 bits per heavy atom. The minimum absolute atomic E-state index is 0.589. The van der Waals surface area contributed by atoms with Crippen molar-refractivity contribution in [2.75, 3.05) is 7.11 Å². The molecule has 0 radical (unpaired) electrons.